The van der Waals surface area contributed by atoms with Gasteiger partial charge < -0.3 is 10.2 Å². The van der Waals surface area contributed by atoms with Gasteiger partial charge in [-0.2, -0.15) is 0 Å². The van der Waals surface area contributed by atoms with Crippen molar-refractivity contribution in [3.8, 4) is 0 Å². The van der Waals surface area contributed by atoms with Crippen LogP contribution in [0.2, 0.25) is 0 Å². The van der Waals surface area contributed by atoms with E-state index in [2.05, 4.69) is 27.9 Å². The van der Waals surface area contributed by atoms with Gasteiger partial charge >= 0.3 is 0 Å². The number of likely N-dealkylation sites (tertiary alicyclic amines) is 1. The highest BCUT2D eigenvalue weighted by molar-refractivity contribution is 14.1. The summed E-state index contributed by atoms with van der Waals surface area (Å²) in [7, 11) is 0. The second-order valence-corrected chi connectivity index (χ2v) is 7.59. The Morgan fingerprint density at radius 2 is 2.33 bits per heavy atom. The molecule has 0 radical (unpaired) electrons. The first kappa shape index (κ1) is 14.6. The predicted octanol–water partition coefficient (Wildman–Crippen LogP) is 2.60. The number of piperidine rings is 1. The molecule has 2 unspecified atom stereocenters. The summed E-state index contributed by atoms with van der Waals surface area (Å²) in [6.45, 7) is 2.95. The van der Waals surface area contributed by atoms with E-state index in [-0.39, 0.29) is 18.3 Å². The molecular formula is C12H16ClIN2OS. The van der Waals surface area contributed by atoms with Crippen LogP contribution in [0.4, 0.5) is 0 Å². The first-order chi connectivity index (χ1) is 8.24. The van der Waals surface area contributed by atoms with Crippen LogP contribution in [0.25, 0.3) is 0 Å². The molecule has 18 heavy (non-hydrogen) atoms. The molecule has 0 bridgehead atoms. The van der Waals surface area contributed by atoms with Crippen molar-refractivity contribution in [1.82, 2.24) is 10.2 Å². The van der Waals surface area contributed by atoms with Gasteiger partial charge in [0, 0.05) is 24.5 Å². The van der Waals surface area contributed by atoms with Crippen LogP contribution in [-0.4, -0.2) is 36.5 Å². The van der Waals surface area contributed by atoms with Crippen molar-refractivity contribution in [2.45, 2.75) is 18.9 Å². The molecule has 100 valence electrons. The first-order valence-electron chi connectivity index (χ1n) is 6.01. The minimum atomic E-state index is 0. The molecule has 2 aliphatic rings. The average molecular weight is 399 g/mol. The molecular weight excluding hydrogens is 383 g/mol. The third kappa shape index (κ3) is 2.84. The van der Waals surface area contributed by atoms with Gasteiger partial charge in [-0.25, -0.2) is 0 Å². The lowest BCUT2D eigenvalue weighted by Gasteiger charge is -2.34. The van der Waals surface area contributed by atoms with Crippen LogP contribution in [0.3, 0.4) is 0 Å². The van der Waals surface area contributed by atoms with Gasteiger partial charge in [-0.1, -0.05) is 0 Å². The maximum Gasteiger partial charge on any atom is 0.254 e. The molecule has 0 spiro atoms. The Labute approximate surface area is 131 Å². The van der Waals surface area contributed by atoms with Gasteiger partial charge in [-0.05, 0) is 54.0 Å². The summed E-state index contributed by atoms with van der Waals surface area (Å²) in [5, 5.41) is 5.50. The molecule has 0 saturated carbocycles. The smallest absolute Gasteiger partial charge is 0.254 e. The second-order valence-electron chi connectivity index (χ2n) is 4.79. The second kappa shape index (κ2) is 6.07. The topological polar surface area (TPSA) is 32.3 Å². The average Bonchev–Trinajstić information content (AvgIpc) is 2.95. The molecule has 1 aromatic heterocycles. The largest absolute Gasteiger partial charge is 0.338 e. The lowest BCUT2D eigenvalue weighted by atomic mass is 9.93. The van der Waals surface area contributed by atoms with Gasteiger partial charge in [-0.3, -0.25) is 4.79 Å². The zero-order chi connectivity index (χ0) is 11.8. The number of amides is 1. The van der Waals surface area contributed by atoms with E-state index in [4.69, 9.17) is 0 Å². The van der Waals surface area contributed by atoms with E-state index in [9.17, 15) is 4.79 Å². The highest BCUT2D eigenvalue weighted by Crippen LogP contribution is 2.26. The van der Waals surface area contributed by atoms with E-state index in [1.165, 1.54) is 9.30 Å². The summed E-state index contributed by atoms with van der Waals surface area (Å²) in [6, 6.07) is 2.65. The van der Waals surface area contributed by atoms with Crippen molar-refractivity contribution in [3.05, 3.63) is 19.9 Å². The molecule has 1 amide bonds. The highest BCUT2D eigenvalue weighted by atomic mass is 127. The molecule has 0 aromatic carbocycles. The number of carbonyl (C=O) groups is 1. The SMILES string of the molecule is Cl.O=C(c1csc(I)c1)N1CCC2NCCC2C1. The minimum absolute atomic E-state index is 0. The normalized spacial score (nSPS) is 26.6. The van der Waals surface area contributed by atoms with E-state index in [1.807, 2.05) is 16.3 Å². The van der Waals surface area contributed by atoms with Crippen LogP contribution in [0.15, 0.2) is 11.4 Å². The fraction of sp³-hybridized carbons (Fsp3) is 0.583. The van der Waals surface area contributed by atoms with Crippen LogP contribution < -0.4 is 5.32 Å². The number of fused-ring (bicyclic) bond motifs is 1. The Balaban J connectivity index is 0.00000120. The maximum atomic E-state index is 12.3. The number of nitrogens with zero attached hydrogens (tertiary/aromatic N) is 1. The number of carbonyl (C=O) groups excluding carboxylic acids is 1. The maximum absolute atomic E-state index is 12.3. The van der Waals surface area contributed by atoms with Crippen molar-refractivity contribution in [3.63, 3.8) is 0 Å². The minimum Gasteiger partial charge on any atom is -0.338 e. The van der Waals surface area contributed by atoms with Crippen molar-refractivity contribution in [1.29, 1.82) is 0 Å². The van der Waals surface area contributed by atoms with E-state index < -0.39 is 0 Å². The van der Waals surface area contributed by atoms with Gasteiger partial charge in [0.05, 0.1) is 8.45 Å². The Morgan fingerprint density at radius 3 is 3.06 bits per heavy atom. The van der Waals surface area contributed by atoms with Crippen molar-refractivity contribution in [2.24, 2.45) is 5.92 Å². The summed E-state index contributed by atoms with van der Waals surface area (Å²) in [5.74, 6) is 0.889. The number of hydrogen-bond donors (Lipinski definition) is 1. The lowest BCUT2D eigenvalue weighted by molar-refractivity contribution is 0.0662. The summed E-state index contributed by atoms with van der Waals surface area (Å²) in [5.41, 5.74) is 0.865. The van der Waals surface area contributed by atoms with E-state index in [0.717, 1.165) is 31.6 Å². The monoisotopic (exact) mass is 398 g/mol. The molecule has 0 aliphatic carbocycles. The van der Waals surface area contributed by atoms with Crippen molar-refractivity contribution < 1.29 is 4.79 Å². The number of thiophene rings is 1. The number of nitrogens with one attached hydrogen (secondary N) is 1. The summed E-state index contributed by atoms with van der Waals surface area (Å²) < 4.78 is 1.18. The zero-order valence-electron chi connectivity index (χ0n) is 9.89. The highest BCUT2D eigenvalue weighted by Gasteiger charge is 2.34. The fourth-order valence-corrected chi connectivity index (χ4v) is 4.16. The van der Waals surface area contributed by atoms with Crippen molar-refractivity contribution >= 4 is 52.2 Å². The van der Waals surface area contributed by atoms with Crippen molar-refractivity contribution in [2.75, 3.05) is 19.6 Å². The van der Waals surface area contributed by atoms with Crippen LogP contribution in [0, 0.1) is 8.80 Å². The Bertz CT molecular complexity index is 439. The number of hydrogen-bond acceptors (Lipinski definition) is 3. The lowest BCUT2D eigenvalue weighted by Crippen LogP contribution is -2.46. The molecule has 3 nitrogen and oxygen atoms in total. The molecule has 2 atom stereocenters. The van der Waals surface area contributed by atoms with E-state index >= 15 is 0 Å². The first-order valence-corrected chi connectivity index (χ1v) is 7.96. The fourth-order valence-electron chi connectivity index (χ4n) is 2.84. The molecule has 6 heteroatoms. The third-order valence-corrected chi connectivity index (χ3v) is 5.55. The summed E-state index contributed by atoms with van der Waals surface area (Å²) >= 11 is 3.91. The molecule has 1 aromatic rings. The van der Waals surface area contributed by atoms with E-state index in [0.29, 0.717) is 12.0 Å². The molecule has 1 N–H and O–H groups in total. The van der Waals surface area contributed by atoms with E-state index in [1.54, 1.807) is 11.3 Å². The standard InChI is InChI=1S/C12H15IN2OS.ClH/c13-11-5-9(7-17-11)12(16)15-4-2-10-8(6-15)1-3-14-10;/h5,7-8,10,14H,1-4,6H2;1H. The predicted molar refractivity (Wildman–Crippen MR) is 84.7 cm³/mol. The molecule has 3 rings (SSSR count). The molecule has 2 aliphatic heterocycles. The summed E-state index contributed by atoms with van der Waals surface area (Å²) in [6.07, 6.45) is 2.33. The molecule has 2 saturated heterocycles. The van der Waals surface area contributed by atoms with Gasteiger partial charge in [0.15, 0.2) is 0 Å². The van der Waals surface area contributed by atoms with Crippen LogP contribution in [0.1, 0.15) is 23.2 Å². The van der Waals surface area contributed by atoms with Gasteiger partial charge in [0.25, 0.3) is 5.91 Å². The number of rotatable bonds is 1. The Morgan fingerprint density at radius 1 is 1.50 bits per heavy atom. The third-order valence-electron chi connectivity index (χ3n) is 3.76. The summed E-state index contributed by atoms with van der Waals surface area (Å²) in [4.78, 5) is 14.3. The zero-order valence-corrected chi connectivity index (χ0v) is 13.7. The van der Waals surface area contributed by atoms with Crippen LogP contribution in [-0.2, 0) is 0 Å². The Kier molecular flexibility index (Phi) is 4.91. The molecule has 3 heterocycles. The molecule has 2 fully saturated rings. The Hall–Kier alpha value is 0.150. The van der Waals surface area contributed by atoms with Crippen LogP contribution in [0.5, 0.6) is 0 Å². The van der Waals surface area contributed by atoms with Gasteiger partial charge in [0.1, 0.15) is 0 Å². The number of halogens is 2. The van der Waals surface area contributed by atoms with Gasteiger partial charge in [-0.15, -0.1) is 23.7 Å². The van der Waals surface area contributed by atoms with Crippen LogP contribution >= 0.6 is 46.3 Å². The van der Waals surface area contributed by atoms with Gasteiger partial charge in [0.2, 0.25) is 0 Å². The quantitative estimate of drug-likeness (QED) is 0.738.